The highest BCUT2D eigenvalue weighted by molar-refractivity contribution is 9.10. The van der Waals surface area contributed by atoms with Crippen LogP contribution in [-0.2, 0) is 4.79 Å². The number of hydrogen-bond donors (Lipinski definition) is 3. The number of aliphatic carboxylic acids is 1. The average molecular weight is 333 g/mol. The number of carboxylic acid groups (broad SMARTS) is 1. The SMILES string of the molecule is CCC(C)(NC(=O)Nc1ccc(F)cc1Br)C(=O)O. The normalized spacial score (nSPS) is 13.5. The third kappa shape index (κ3) is 3.92. The molecule has 5 nitrogen and oxygen atoms in total. The fourth-order valence-corrected chi connectivity index (χ4v) is 1.74. The van der Waals surface area contributed by atoms with E-state index in [9.17, 15) is 14.0 Å². The topological polar surface area (TPSA) is 78.4 Å². The molecule has 0 aromatic heterocycles. The van der Waals surface area contributed by atoms with E-state index >= 15 is 0 Å². The summed E-state index contributed by atoms with van der Waals surface area (Å²) in [4.78, 5) is 22.8. The molecule has 0 saturated carbocycles. The van der Waals surface area contributed by atoms with Crippen LogP contribution in [-0.4, -0.2) is 22.6 Å². The van der Waals surface area contributed by atoms with E-state index in [-0.39, 0.29) is 6.42 Å². The fraction of sp³-hybridized carbons (Fsp3) is 0.333. The van der Waals surface area contributed by atoms with Gasteiger partial charge in [0.1, 0.15) is 11.4 Å². The maximum atomic E-state index is 12.9. The number of nitrogens with one attached hydrogen (secondary N) is 2. The number of amides is 2. The lowest BCUT2D eigenvalue weighted by atomic mass is 10.00. The van der Waals surface area contributed by atoms with Crippen LogP contribution in [0, 0.1) is 5.82 Å². The lowest BCUT2D eigenvalue weighted by molar-refractivity contribution is -0.143. The molecule has 0 fully saturated rings. The molecule has 0 heterocycles. The maximum Gasteiger partial charge on any atom is 0.329 e. The minimum Gasteiger partial charge on any atom is -0.480 e. The van der Waals surface area contributed by atoms with Gasteiger partial charge in [-0.2, -0.15) is 0 Å². The summed E-state index contributed by atoms with van der Waals surface area (Å²) in [5, 5.41) is 13.9. The predicted octanol–water partition coefficient (Wildman–Crippen LogP) is 2.96. The molecule has 3 N–H and O–H groups in total. The summed E-state index contributed by atoms with van der Waals surface area (Å²) >= 11 is 3.10. The first-order valence-electron chi connectivity index (χ1n) is 5.56. The Balaban J connectivity index is 2.78. The van der Waals surface area contributed by atoms with Crippen molar-refractivity contribution < 1.29 is 19.1 Å². The lowest BCUT2D eigenvalue weighted by Crippen LogP contribution is -2.53. The number of urea groups is 1. The lowest BCUT2D eigenvalue weighted by Gasteiger charge is -2.24. The van der Waals surface area contributed by atoms with E-state index < -0.39 is 23.4 Å². The van der Waals surface area contributed by atoms with E-state index in [0.29, 0.717) is 10.2 Å². The second-order valence-electron chi connectivity index (χ2n) is 4.19. The third-order valence-electron chi connectivity index (χ3n) is 2.75. The molecule has 1 unspecified atom stereocenters. The highest BCUT2D eigenvalue weighted by Crippen LogP contribution is 2.23. The van der Waals surface area contributed by atoms with Crippen molar-refractivity contribution in [2.45, 2.75) is 25.8 Å². The third-order valence-corrected chi connectivity index (χ3v) is 3.40. The molecule has 1 atom stereocenters. The van der Waals surface area contributed by atoms with Crippen LogP contribution < -0.4 is 10.6 Å². The van der Waals surface area contributed by atoms with E-state index in [1.807, 2.05) is 0 Å². The smallest absolute Gasteiger partial charge is 0.329 e. The van der Waals surface area contributed by atoms with Gasteiger partial charge in [0.15, 0.2) is 0 Å². The van der Waals surface area contributed by atoms with E-state index in [1.165, 1.54) is 25.1 Å². The zero-order valence-corrected chi connectivity index (χ0v) is 12.0. The van der Waals surface area contributed by atoms with Crippen LogP contribution in [0.2, 0.25) is 0 Å². The molecule has 0 spiro atoms. The summed E-state index contributed by atoms with van der Waals surface area (Å²) in [7, 11) is 0. The molecule has 104 valence electrons. The minimum atomic E-state index is -1.35. The summed E-state index contributed by atoms with van der Waals surface area (Å²) in [6, 6.07) is 3.10. The largest absolute Gasteiger partial charge is 0.480 e. The van der Waals surface area contributed by atoms with Crippen LogP contribution in [0.15, 0.2) is 22.7 Å². The van der Waals surface area contributed by atoms with Crippen molar-refractivity contribution in [3.8, 4) is 0 Å². The molecule has 0 radical (unpaired) electrons. The highest BCUT2D eigenvalue weighted by atomic mass is 79.9. The first-order valence-corrected chi connectivity index (χ1v) is 6.35. The second kappa shape index (κ2) is 6.01. The Bertz CT molecular complexity index is 510. The molecule has 0 aliphatic heterocycles. The average Bonchev–Trinajstić information content (AvgIpc) is 2.32. The zero-order chi connectivity index (χ0) is 14.6. The predicted molar refractivity (Wildman–Crippen MR) is 72.6 cm³/mol. The van der Waals surface area contributed by atoms with E-state index in [4.69, 9.17) is 5.11 Å². The number of anilines is 1. The summed E-state index contributed by atoms with van der Waals surface area (Å²) in [6.07, 6.45) is 0.236. The molecule has 0 aliphatic rings. The zero-order valence-electron chi connectivity index (χ0n) is 10.5. The van der Waals surface area contributed by atoms with Crippen molar-refractivity contribution in [2.75, 3.05) is 5.32 Å². The van der Waals surface area contributed by atoms with Crippen molar-refractivity contribution in [1.82, 2.24) is 5.32 Å². The van der Waals surface area contributed by atoms with E-state index in [1.54, 1.807) is 6.92 Å². The monoisotopic (exact) mass is 332 g/mol. The van der Waals surface area contributed by atoms with Gasteiger partial charge in [0.05, 0.1) is 5.69 Å². The van der Waals surface area contributed by atoms with Gasteiger partial charge in [0.2, 0.25) is 0 Å². The molecule has 1 aromatic carbocycles. The number of halogens is 2. The molecule has 19 heavy (non-hydrogen) atoms. The van der Waals surface area contributed by atoms with Gasteiger partial charge in [-0.15, -0.1) is 0 Å². The van der Waals surface area contributed by atoms with Crippen LogP contribution in [0.5, 0.6) is 0 Å². The molecule has 0 bridgehead atoms. The number of carboxylic acids is 1. The number of benzene rings is 1. The van der Waals surface area contributed by atoms with Gasteiger partial charge < -0.3 is 15.7 Å². The molecule has 1 rings (SSSR count). The fourth-order valence-electron chi connectivity index (χ4n) is 1.29. The van der Waals surface area contributed by atoms with Crippen molar-refractivity contribution in [3.05, 3.63) is 28.5 Å². The Morgan fingerprint density at radius 1 is 1.47 bits per heavy atom. The number of carbonyl (C=O) groups excluding carboxylic acids is 1. The highest BCUT2D eigenvalue weighted by Gasteiger charge is 2.32. The van der Waals surface area contributed by atoms with E-state index in [2.05, 4.69) is 26.6 Å². The van der Waals surface area contributed by atoms with Crippen molar-refractivity contribution in [1.29, 1.82) is 0 Å². The first kappa shape index (κ1) is 15.4. The van der Waals surface area contributed by atoms with Gasteiger partial charge in [-0.05, 0) is 47.5 Å². The molecule has 7 heteroatoms. The Kier molecular flexibility index (Phi) is 4.88. The second-order valence-corrected chi connectivity index (χ2v) is 5.05. The molecule has 0 saturated heterocycles. The molecular formula is C12H14BrFN2O3. The van der Waals surface area contributed by atoms with Gasteiger partial charge in [-0.3, -0.25) is 0 Å². The molecular weight excluding hydrogens is 319 g/mol. The Labute approximate surface area is 118 Å². The quantitative estimate of drug-likeness (QED) is 0.793. The summed E-state index contributed by atoms with van der Waals surface area (Å²) in [5.41, 5.74) is -1.00. The molecule has 0 aliphatic carbocycles. The Hall–Kier alpha value is -1.63. The van der Waals surface area contributed by atoms with Gasteiger partial charge >= 0.3 is 12.0 Å². The van der Waals surface area contributed by atoms with Crippen LogP contribution in [0.4, 0.5) is 14.9 Å². The first-order chi connectivity index (χ1) is 8.78. The van der Waals surface area contributed by atoms with Gasteiger partial charge in [0, 0.05) is 4.47 Å². The van der Waals surface area contributed by atoms with Gasteiger partial charge in [-0.25, -0.2) is 14.0 Å². The Morgan fingerprint density at radius 2 is 2.11 bits per heavy atom. The van der Waals surface area contributed by atoms with Gasteiger partial charge in [-0.1, -0.05) is 6.92 Å². The molecule has 1 aromatic rings. The standard InChI is InChI=1S/C12H14BrFN2O3/c1-3-12(2,10(17)18)16-11(19)15-9-5-4-7(14)6-8(9)13/h4-6H,3H2,1-2H3,(H,17,18)(H2,15,16,19). The summed E-state index contributed by atoms with van der Waals surface area (Å²) in [6.45, 7) is 3.07. The minimum absolute atomic E-state index is 0.236. The van der Waals surface area contributed by atoms with Crippen LogP contribution in [0.25, 0.3) is 0 Å². The Morgan fingerprint density at radius 3 is 2.58 bits per heavy atom. The summed E-state index contributed by atoms with van der Waals surface area (Å²) in [5.74, 6) is -1.56. The summed E-state index contributed by atoms with van der Waals surface area (Å²) < 4.78 is 13.3. The van der Waals surface area contributed by atoms with Crippen LogP contribution in [0.3, 0.4) is 0 Å². The van der Waals surface area contributed by atoms with Gasteiger partial charge in [0.25, 0.3) is 0 Å². The van der Waals surface area contributed by atoms with E-state index in [0.717, 1.165) is 0 Å². The number of carbonyl (C=O) groups is 2. The molecule has 2 amide bonds. The van der Waals surface area contributed by atoms with Crippen molar-refractivity contribution >= 4 is 33.6 Å². The number of hydrogen-bond acceptors (Lipinski definition) is 2. The van der Waals surface area contributed by atoms with Crippen molar-refractivity contribution in [2.24, 2.45) is 0 Å². The maximum absolute atomic E-state index is 12.9. The number of rotatable bonds is 4. The van der Waals surface area contributed by atoms with Crippen molar-refractivity contribution in [3.63, 3.8) is 0 Å². The van der Waals surface area contributed by atoms with Crippen LogP contribution in [0.1, 0.15) is 20.3 Å². The van der Waals surface area contributed by atoms with Crippen LogP contribution >= 0.6 is 15.9 Å².